The topological polar surface area (TPSA) is 101 Å². The minimum Gasteiger partial charge on any atom is -0.493 e. The van der Waals surface area contributed by atoms with Crippen LogP contribution in [0.25, 0.3) is 22.0 Å². The first-order valence-electron chi connectivity index (χ1n) is 10.6. The number of ether oxygens (including phenoxy) is 1. The summed E-state index contributed by atoms with van der Waals surface area (Å²) in [5.41, 5.74) is 2.83. The van der Waals surface area contributed by atoms with Crippen molar-refractivity contribution in [3.8, 4) is 5.75 Å². The summed E-state index contributed by atoms with van der Waals surface area (Å²) in [5, 5.41) is 17.6. The number of unbranched alkanes of at least 4 members (excludes halogenated alkanes) is 2. The van der Waals surface area contributed by atoms with Crippen molar-refractivity contribution in [3.63, 3.8) is 0 Å². The van der Waals surface area contributed by atoms with Gasteiger partial charge >= 0.3 is 5.63 Å². The summed E-state index contributed by atoms with van der Waals surface area (Å²) in [6, 6.07) is 16.6. The first kappa shape index (κ1) is 19.9. The van der Waals surface area contributed by atoms with Crippen LogP contribution in [0, 0.1) is 0 Å². The fraction of sp³-hybridized carbons (Fsp3) is 0.261. The summed E-state index contributed by atoms with van der Waals surface area (Å²) in [7, 11) is 0. The molecular formula is C23H22N6O3. The van der Waals surface area contributed by atoms with E-state index in [0.717, 1.165) is 47.9 Å². The van der Waals surface area contributed by atoms with Crippen molar-refractivity contribution >= 4 is 22.0 Å². The van der Waals surface area contributed by atoms with Crippen molar-refractivity contribution in [1.82, 2.24) is 30.0 Å². The molecule has 0 radical (unpaired) electrons. The lowest BCUT2D eigenvalue weighted by molar-refractivity contribution is 0.304. The Hall–Kier alpha value is -4.01. The summed E-state index contributed by atoms with van der Waals surface area (Å²) in [5.74, 6) is 0.568. The minimum atomic E-state index is -0.403. The molecule has 0 fully saturated rings. The highest BCUT2D eigenvalue weighted by Gasteiger charge is 2.08. The van der Waals surface area contributed by atoms with E-state index in [1.165, 1.54) is 6.07 Å². The average Bonchev–Trinajstić information content (AvgIpc) is 3.43. The van der Waals surface area contributed by atoms with Gasteiger partial charge in [0.1, 0.15) is 22.5 Å². The SMILES string of the molecule is O=c1cc(OCCCCCn2cc(Cn3nnc4ccccc43)nn2)c2ccccc2o1. The molecule has 0 aliphatic carbocycles. The number of aryl methyl sites for hydroxylation is 1. The van der Waals surface area contributed by atoms with E-state index < -0.39 is 5.63 Å². The van der Waals surface area contributed by atoms with Crippen molar-refractivity contribution in [1.29, 1.82) is 0 Å². The average molecular weight is 430 g/mol. The van der Waals surface area contributed by atoms with E-state index in [-0.39, 0.29) is 0 Å². The Morgan fingerprint density at radius 3 is 2.78 bits per heavy atom. The number of hydrogen-bond donors (Lipinski definition) is 0. The first-order valence-corrected chi connectivity index (χ1v) is 10.6. The molecule has 0 N–H and O–H groups in total. The van der Waals surface area contributed by atoms with Crippen LogP contribution in [-0.4, -0.2) is 36.6 Å². The second-order valence-corrected chi connectivity index (χ2v) is 7.54. The van der Waals surface area contributed by atoms with E-state index in [9.17, 15) is 4.79 Å². The lowest BCUT2D eigenvalue weighted by Crippen LogP contribution is -2.04. The Morgan fingerprint density at radius 1 is 0.938 bits per heavy atom. The van der Waals surface area contributed by atoms with Gasteiger partial charge in [-0.2, -0.15) is 0 Å². The van der Waals surface area contributed by atoms with Crippen molar-refractivity contribution in [2.75, 3.05) is 6.61 Å². The molecule has 5 aromatic rings. The van der Waals surface area contributed by atoms with Crippen LogP contribution in [0.1, 0.15) is 25.0 Å². The predicted molar refractivity (Wildman–Crippen MR) is 118 cm³/mol. The predicted octanol–water partition coefficient (Wildman–Crippen LogP) is 3.43. The molecule has 0 saturated carbocycles. The van der Waals surface area contributed by atoms with Crippen LogP contribution >= 0.6 is 0 Å². The molecule has 0 saturated heterocycles. The van der Waals surface area contributed by atoms with Gasteiger partial charge in [0.15, 0.2) is 0 Å². The molecule has 0 aliphatic rings. The summed E-state index contributed by atoms with van der Waals surface area (Å²) in [4.78, 5) is 11.7. The molecule has 9 nitrogen and oxygen atoms in total. The summed E-state index contributed by atoms with van der Waals surface area (Å²) >= 11 is 0. The van der Waals surface area contributed by atoms with Gasteiger partial charge in [-0.25, -0.2) is 9.48 Å². The zero-order valence-corrected chi connectivity index (χ0v) is 17.4. The fourth-order valence-corrected chi connectivity index (χ4v) is 3.64. The molecule has 0 amide bonds. The Balaban J connectivity index is 1.09. The smallest absolute Gasteiger partial charge is 0.339 e. The molecule has 3 heterocycles. The monoisotopic (exact) mass is 430 g/mol. The van der Waals surface area contributed by atoms with Gasteiger partial charge in [0, 0.05) is 6.54 Å². The van der Waals surface area contributed by atoms with Crippen LogP contribution in [-0.2, 0) is 13.1 Å². The van der Waals surface area contributed by atoms with Crippen LogP contribution in [0.2, 0.25) is 0 Å². The Bertz CT molecular complexity index is 1400. The van der Waals surface area contributed by atoms with E-state index >= 15 is 0 Å². The van der Waals surface area contributed by atoms with Crippen molar-refractivity contribution in [2.24, 2.45) is 0 Å². The molecule has 0 unspecified atom stereocenters. The molecule has 5 rings (SSSR count). The summed E-state index contributed by atoms with van der Waals surface area (Å²) < 4.78 is 14.7. The number of aromatic nitrogens is 6. The van der Waals surface area contributed by atoms with Crippen molar-refractivity contribution in [2.45, 2.75) is 32.4 Å². The minimum absolute atomic E-state index is 0.403. The van der Waals surface area contributed by atoms with Gasteiger partial charge in [-0.1, -0.05) is 34.7 Å². The molecule has 32 heavy (non-hydrogen) atoms. The molecule has 2 aromatic carbocycles. The van der Waals surface area contributed by atoms with E-state index in [1.54, 1.807) is 6.07 Å². The lowest BCUT2D eigenvalue weighted by Gasteiger charge is -2.08. The number of hydrogen-bond acceptors (Lipinski definition) is 7. The standard InChI is InChI=1S/C23H22N6O3/c30-23-14-22(18-8-2-5-11-21(18)32-23)31-13-7-1-6-12-28-15-17(24-26-28)16-29-20-10-4-3-9-19(20)25-27-29/h2-5,8-11,14-15H,1,6-7,12-13,16H2. The van der Waals surface area contributed by atoms with E-state index in [2.05, 4.69) is 20.6 Å². The molecule has 9 heteroatoms. The van der Waals surface area contributed by atoms with Crippen LogP contribution < -0.4 is 10.4 Å². The van der Waals surface area contributed by atoms with Gasteiger partial charge in [0.2, 0.25) is 0 Å². The molecular weight excluding hydrogens is 408 g/mol. The highest BCUT2D eigenvalue weighted by atomic mass is 16.5. The Labute approximate surface area is 183 Å². The molecule has 0 atom stereocenters. The van der Waals surface area contributed by atoms with Crippen LogP contribution in [0.4, 0.5) is 0 Å². The quantitative estimate of drug-likeness (QED) is 0.261. The number of benzene rings is 2. The van der Waals surface area contributed by atoms with Crippen LogP contribution in [0.5, 0.6) is 5.75 Å². The second kappa shape index (κ2) is 9.01. The summed E-state index contributed by atoms with van der Waals surface area (Å²) in [6.07, 6.45) is 4.75. The highest BCUT2D eigenvalue weighted by Crippen LogP contribution is 2.23. The molecule has 0 bridgehead atoms. The largest absolute Gasteiger partial charge is 0.493 e. The zero-order chi connectivity index (χ0) is 21.8. The second-order valence-electron chi connectivity index (χ2n) is 7.54. The number of rotatable bonds is 9. The maximum Gasteiger partial charge on any atom is 0.339 e. The van der Waals surface area contributed by atoms with Crippen molar-refractivity contribution in [3.05, 3.63) is 76.9 Å². The van der Waals surface area contributed by atoms with E-state index in [4.69, 9.17) is 9.15 Å². The van der Waals surface area contributed by atoms with Crippen LogP contribution in [0.15, 0.2) is 70.0 Å². The van der Waals surface area contributed by atoms with Gasteiger partial charge in [0.25, 0.3) is 0 Å². The van der Waals surface area contributed by atoms with Gasteiger partial charge in [-0.05, 0) is 43.5 Å². The molecule has 0 spiro atoms. The number of para-hydroxylation sites is 2. The van der Waals surface area contributed by atoms with Crippen LogP contribution in [0.3, 0.4) is 0 Å². The third-order valence-corrected chi connectivity index (χ3v) is 5.22. The number of fused-ring (bicyclic) bond motifs is 2. The Kier molecular flexibility index (Phi) is 5.61. The maximum atomic E-state index is 11.7. The van der Waals surface area contributed by atoms with Gasteiger partial charge in [-0.3, -0.25) is 4.68 Å². The zero-order valence-electron chi connectivity index (χ0n) is 17.4. The normalized spacial score (nSPS) is 11.4. The number of nitrogens with zero attached hydrogens (tertiary/aromatic N) is 6. The fourth-order valence-electron chi connectivity index (χ4n) is 3.64. The van der Waals surface area contributed by atoms with E-state index in [1.807, 2.05) is 58.0 Å². The first-order chi connectivity index (χ1) is 15.8. The van der Waals surface area contributed by atoms with Gasteiger partial charge in [-0.15, -0.1) is 10.2 Å². The summed E-state index contributed by atoms with van der Waals surface area (Å²) in [6.45, 7) is 1.85. The highest BCUT2D eigenvalue weighted by molar-refractivity contribution is 5.82. The van der Waals surface area contributed by atoms with E-state index in [0.29, 0.717) is 24.5 Å². The lowest BCUT2D eigenvalue weighted by atomic mass is 10.2. The van der Waals surface area contributed by atoms with Gasteiger partial charge in [0.05, 0.1) is 36.3 Å². The maximum absolute atomic E-state index is 11.7. The third-order valence-electron chi connectivity index (χ3n) is 5.22. The molecule has 0 aliphatic heterocycles. The van der Waals surface area contributed by atoms with Gasteiger partial charge < -0.3 is 9.15 Å². The van der Waals surface area contributed by atoms with Crippen molar-refractivity contribution < 1.29 is 9.15 Å². The third kappa shape index (κ3) is 4.36. The molecule has 3 aromatic heterocycles. The Morgan fingerprint density at radius 2 is 1.81 bits per heavy atom. The molecule has 162 valence electrons.